The van der Waals surface area contributed by atoms with Crippen molar-refractivity contribution >= 4 is 32.8 Å². The smallest absolute Gasteiger partial charge is 0.266 e. The number of aromatic nitrogens is 1. The van der Waals surface area contributed by atoms with Gasteiger partial charge in [-0.15, -0.1) is 0 Å². The molecule has 0 fully saturated rings. The number of halogens is 4. The number of carbonyl (C=O) groups is 1. The lowest BCUT2D eigenvalue weighted by atomic mass is 10.2. The molecule has 70 valence electrons. The van der Waals surface area contributed by atoms with Crippen molar-refractivity contribution < 1.29 is 13.6 Å². The highest BCUT2D eigenvalue weighted by atomic mass is 79.9. The zero-order valence-corrected chi connectivity index (χ0v) is 8.44. The Labute approximate surface area is 86.0 Å². The highest BCUT2D eigenvalue weighted by molar-refractivity contribution is 9.10. The number of hydrogen-bond acceptors (Lipinski definition) is 2. The summed E-state index contributed by atoms with van der Waals surface area (Å²) >= 11 is 7.93. The lowest BCUT2D eigenvalue weighted by Crippen LogP contribution is -1.96. The lowest BCUT2D eigenvalue weighted by molar-refractivity contribution is 0.108. The van der Waals surface area contributed by atoms with Gasteiger partial charge in [-0.3, -0.25) is 4.79 Å². The van der Waals surface area contributed by atoms with Gasteiger partial charge in [-0.05, 0) is 33.6 Å². The van der Waals surface area contributed by atoms with Crippen LogP contribution in [0.5, 0.6) is 0 Å². The lowest BCUT2D eigenvalue weighted by Gasteiger charge is -2.02. The second-order valence-corrected chi connectivity index (χ2v) is 3.27. The van der Waals surface area contributed by atoms with Crippen molar-refractivity contribution in [3.05, 3.63) is 28.0 Å². The molecule has 1 aromatic rings. The van der Waals surface area contributed by atoms with Crippen LogP contribution in [0.4, 0.5) is 8.78 Å². The summed E-state index contributed by atoms with van der Waals surface area (Å²) < 4.78 is 24.5. The van der Waals surface area contributed by atoms with E-state index in [2.05, 4.69) is 20.9 Å². The van der Waals surface area contributed by atoms with E-state index >= 15 is 0 Å². The summed E-state index contributed by atoms with van der Waals surface area (Å²) in [5, 5.41) is -0.804. The van der Waals surface area contributed by atoms with Gasteiger partial charge in [-0.1, -0.05) is 0 Å². The highest BCUT2D eigenvalue weighted by Gasteiger charge is 2.15. The second-order valence-electron chi connectivity index (χ2n) is 2.18. The van der Waals surface area contributed by atoms with Gasteiger partial charge in [0.1, 0.15) is 4.60 Å². The van der Waals surface area contributed by atoms with Crippen LogP contribution in [0.2, 0.25) is 0 Å². The molecule has 0 aromatic carbocycles. The van der Waals surface area contributed by atoms with Crippen LogP contribution in [-0.2, 0) is 0 Å². The molecule has 0 atom stereocenters. The Hall–Kier alpha value is -0.550. The van der Waals surface area contributed by atoms with E-state index in [1.165, 1.54) is 0 Å². The molecule has 1 heterocycles. The zero-order valence-electron chi connectivity index (χ0n) is 6.10. The fraction of sp³-hybridized carbons (Fsp3) is 0.143. The molecule has 0 saturated carbocycles. The average Bonchev–Trinajstić information content (AvgIpc) is 2.04. The van der Waals surface area contributed by atoms with E-state index in [1.54, 1.807) is 0 Å². The minimum absolute atomic E-state index is 0.0177. The van der Waals surface area contributed by atoms with Crippen molar-refractivity contribution in [2.45, 2.75) is 6.43 Å². The van der Waals surface area contributed by atoms with Crippen LogP contribution in [-0.4, -0.2) is 10.2 Å². The molecule has 0 amide bonds. The monoisotopic (exact) mass is 269 g/mol. The van der Waals surface area contributed by atoms with Crippen molar-refractivity contribution in [2.24, 2.45) is 0 Å². The van der Waals surface area contributed by atoms with E-state index in [0.29, 0.717) is 0 Å². The first-order valence-electron chi connectivity index (χ1n) is 3.16. The van der Waals surface area contributed by atoms with Gasteiger partial charge in [0.15, 0.2) is 0 Å². The first-order chi connectivity index (χ1) is 6.02. The Kier molecular flexibility index (Phi) is 3.33. The normalized spacial score (nSPS) is 10.5. The number of pyridine rings is 1. The van der Waals surface area contributed by atoms with Gasteiger partial charge in [-0.2, -0.15) is 0 Å². The Morgan fingerprint density at radius 1 is 1.62 bits per heavy atom. The molecule has 0 unspecified atom stereocenters. The fourth-order valence-corrected chi connectivity index (χ4v) is 1.22. The molecule has 0 saturated heterocycles. The molecular weight excluding hydrogens is 267 g/mol. The molecule has 1 rings (SSSR count). The van der Waals surface area contributed by atoms with Crippen molar-refractivity contribution in [3.63, 3.8) is 0 Å². The third kappa shape index (κ3) is 2.45. The molecular formula is C7H3BrClF2NO. The van der Waals surface area contributed by atoms with Crippen LogP contribution in [0, 0.1) is 0 Å². The predicted octanol–water partition coefficient (Wildman–Crippen LogP) is 3.16. The van der Waals surface area contributed by atoms with Crippen molar-refractivity contribution in [1.82, 2.24) is 4.98 Å². The standard InChI is InChI=1S/C7H3BrClF2NO/c8-5-4(7(10)11)1-3(2-12-5)6(9)13/h1-2,7H. The number of hydrogen-bond donors (Lipinski definition) is 0. The van der Waals surface area contributed by atoms with E-state index in [9.17, 15) is 13.6 Å². The quantitative estimate of drug-likeness (QED) is 0.610. The van der Waals surface area contributed by atoms with Crippen molar-refractivity contribution in [2.75, 3.05) is 0 Å². The van der Waals surface area contributed by atoms with E-state index in [1.807, 2.05) is 0 Å². The topological polar surface area (TPSA) is 30.0 Å². The molecule has 2 nitrogen and oxygen atoms in total. The summed E-state index contributed by atoms with van der Waals surface area (Å²) in [6.07, 6.45) is -1.55. The number of rotatable bonds is 2. The molecule has 0 aliphatic carbocycles. The molecule has 1 aromatic heterocycles. The molecule has 0 N–H and O–H groups in total. The minimum Gasteiger partial charge on any atom is -0.276 e. The van der Waals surface area contributed by atoms with Crippen LogP contribution in [0.1, 0.15) is 22.3 Å². The van der Waals surface area contributed by atoms with Crippen LogP contribution in [0.15, 0.2) is 16.9 Å². The van der Waals surface area contributed by atoms with Gasteiger partial charge in [0.2, 0.25) is 0 Å². The van der Waals surface area contributed by atoms with Gasteiger partial charge >= 0.3 is 0 Å². The Morgan fingerprint density at radius 2 is 2.23 bits per heavy atom. The Bertz CT molecular complexity index is 345. The summed E-state index contributed by atoms with van der Waals surface area (Å²) in [6.45, 7) is 0. The van der Waals surface area contributed by atoms with E-state index in [4.69, 9.17) is 11.6 Å². The minimum atomic E-state index is -2.68. The van der Waals surface area contributed by atoms with Crippen molar-refractivity contribution in [1.29, 1.82) is 0 Å². The van der Waals surface area contributed by atoms with Gasteiger partial charge in [-0.25, -0.2) is 13.8 Å². The molecule has 0 bridgehead atoms. The largest absolute Gasteiger partial charge is 0.276 e. The molecule has 0 aliphatic heterocycles. The van der Waals surface area contributed by atoms with E-state index in [0.717, 1.165) is 12.3 Å². The summed E-state index contributed by atoms with van der Waals surface area (Å²) in [4.78, 5) is 14.1. The van der Waals surface area contributed by atoms with E-state index < -0.39 is 11.7 Å². The fourth-order valence-electron chi connectivity index (χ4n) is 0.726. The summed E-state index contributed by atoms with van der Waals surface area (Å²) in [6, 6.07) is 1.01. The Balaban J connectivity index is 3.19. The van der Waals surface area contributed by atoms with Crippen molar-refractivity contribution in [3.8, 4) is 0 Å². The molecule has 13 heavy (non-hydrogen) atoms. The molecule has 6 heteroatoms. The van der Waals surface area contributed by atoms with Crippen LogP contribution in [0.25, 0.3) is 0 Å². The number of carbonyl (C=O) groups excluding carboxylic acids is 1. The van der Waals surface area contributed by atoms with Crippen LogP contribution >= 0.6 is 27.5 Å². The third-order valence-corrected chi connectivity index (χ3v) is 2.21. The Morgan fingerprint density at radius 3 is 2.69 bits per heavy atom. The number of alkyl halides is 2. The van der Waals surface area contributed by atoms with Gasteiger partial charge in [0.25, 0.3) is 11.7 Å². The highest BCUT2D eigenvalue weighted by Crippen LogP contribution is 2.26. The SMILES string of the molecule is O=C(Cl)c1cnc(Br)c(C(F)F)c1. The molecule has 0 aliphatic rings. The molecule has 0 radical (unpaired) electrons. The summed E-state index contributed by atoms with van der Waals surface area (Å²) in [5.74, 6) is 0. The maximum Gasteiger partial charge on any atom is 0.266 e. The van der Waals surface area contributed by atoms with Gasteiger partial charge in [0, 0.05) is 6.20 Å². The van der Waals surface area contributed by atoms with Gasteiger partial charge in [0.05, 0.1) is 11.1 Å². The van der Waals surface area contributed by atoms with Crippen LogP contribution < -0.4 is 0 Å². The first kappa shape index (κ1) is 10.5. The van der Waals surface area contributed by atoms with E-state index in [-0.39, 0.29) is 15.7 Å². The maximum absolute atomic E-state index is 12.2. The first-order valence-corrected chi connectivity index (χ1v) is 4.33. The second kappa shape index (κ2) is 4.11. The average molecular weight is 270 g/mol. The summed E-state index contributed by atoms with van der Waals surface area (Å²) in [5.41, 5.74) is -0.383. The predicted molar refractivity (Wildman–Crippen MR) is 47.1 cm³/mol. The van der Waals surface area contributed by atoms with Gasteiger partial charge < -0.3 is 0 Å². The zero-order chi connectivity index (χ0) is 10.0. The third-order valence-electron chi connectivity index (χ3n) is 1.33. The summed E-state index contributed by atoms with van der Waals surface area (Å²) in [7, 11) is 0. The molecule has 0 spiro atoms. The number of nitrogens with zero attached hydrogens (tertiary/aromatic N) is 1. The van der Waals surface area contributed by atoms with Crippen LogP contribution in [0.3, 0.4) is 0 Å². The maximum atomic E-state index is 12.2.